The monoisotopic (exact) mass is 371 g/mol. The molecule has 0 fully saturated rings. The fraction of sp³-hybridized carbons (Fsp3) is 0.467. The molecule has 2 rings (SSSR count). The predicted molar refractivity (Wildman–Crippen MR) is 70.8 cm³/mol. The van der Waals surface area contributed by atoms with Gasteiger partial charge in [-0.1, -0.05) is 0 Å². The predicted octanol–water partition coefficient (Wildman–Crippen LogP) is -5.39. The van der Waals surface area contributed by atoms with Gasteiger partial charge in [-0.3, -0.25) is 0 Å². The molecule has 0 aliphatic heterocycles. The van der Waals surface area contributed by atoms with Crippen molar-refractivity contribution in [1.29, 1.82) is 0 Å². The quantitative estimate of drug-likeness (QED) is 0.510. The zero-order chi connectivity index (χ0) is 12.5. The van der Waals surface area contributed by atoms with E-state index in [-0.39, 0.29) is 53.5 Å². The minimum atomic E-state index is 0. The Morgan fingerprint density at radius 2 is 1.70 bits per heavy atom. The van der Waals surface area contributed by atoms with Crippen LogP contribution in [0.25, 0.3) is 6.08 Å². The zero-order valence-corrected chi connectivity index (χ0v) is 15.9. The van der Waals surface area contributed by atoms with Gasteiger partial charge in [-0.15, -0.1) is 0 Å². The molecule has 112 valence electrons. The van der Waals surface area contributed by atoms with E-state index >= 15 is 0 Å². The molecule has 0 bridgehead atoms. The van der Waals surface area contributed by atoms with Crippen LogP contribution in [-0.2, 0) is 16.3 Å². The van der Waals surface area contributed by atoms with Crippen molar-refractivity contribution in [3.63, 3.8) is 0 Å². The van der Waals surface area contributed by atoms with Crippen LogP contribution in [0, 0.1) is 0 Å². The minimum absolute atomic E-state index is 0. The summed E-state index contributed by atoms with van der Waals surface area (Å²) < 4.78 is 1.14. The smallest absolute Gasteiger partial charge is 1.00 e. The molecule has 1 aromatic rings. The van der Waals surface area contributed by atoms with E-state index in [1.807, 2.05) is 0 Å². The SMILES string of the molecule is CN(C)C[C](C)(C)[V+3][CH]1C=Cc2ccccc21.[Cl-].[Cl-].[Cl-]. The Kier molecular flexibility index (Phi) is 10.7. The maximum Gasteiger partial charge on any atom is -1.00 e. The third kappa shape index (κ3) is 6.01. The van der Waals surface area contributed by atoms with E-state index in [0.717, 1.165) is 0 Å². The molecule has 0 heterocycles. The molecule has 1 aliphatic rings. The van der Waals surface area contributed by atoms with Crippen LogP contribution in [0.2, 0.25) is 4.13 Å². The van der Waals surface area contributed by atoms with Crippen LogP contribution in [-0.4, -0.2) is 25.5 Å². The zero-order valence-electron chi connectivity index (χ0n) is 12.3. The molecule has 1 atom stereocenters. The molecular formula is C15H21Cl3NV. The summed E-state index contributed by atoms with van der Waals surface area (Å²) in [5, 5.41) is 0. The van der Waals surface area contributed by atoms with E-state index in [0.29, 0.717) is 8.76 Å². The van der Waals surface area contributed by atoms with Crippen molar-refractivity contribution < 1.29 is 53.5 Å². The molecular weight excluding hydrogens is 351 g/mol. The Labute approximate surface area is 148 Å². The molecule has 1 aromatic carbocycles. The summed E-state index contributed by atoms with van der Waals surface area (Å²) in [5.41, 5.74) is 2.97. The Morgan fingerprint density at radius 1 is 1.10 bits per heavy atom. The Hall–Kier alpha value is 0.374. The normalized spacial score (nSPS) is 15.6. The second-order valence-corrected chi connectivity index (χ2v) is 8.77. The van der Waals surface area contributed by atoms with E-state index < -0.39 is 0 Å². The third-order valence-corrected chi connectivity index (χ3v) is 5.41. The maximum atomic E-state index is 2.40. The van der Waals surface area contributed by atoms with Gasteiger partial charge in [0.2, 0.25) is 0 Å². The number of halogens is 3. The van der Waals surface area contributed by atoms with Crippen LogP contribution in [0.1, 0.15) is 29.6 Å². The van der Waals surface area contributed by atoms with E-state index in [4.69, 9.17) is 0 Å². The van der Waals surface area contributed by atoms with Crippen LogP contribution in [0.3, 0.4) is 0 Å². The van der Waals surface area contributed by atoms with Gasteiger partial charge in [-0.2, -0.15) is 0 Å². The van der Waals surface area contributed by atoms with Crippen molar-refractivity contribution in [2.24, 2.45) is 0 Å². The Bertz CT molecular complexity index is 433. The summed E-state index contributed by atoms with van der Waals surface area (Å²) in [6, 6.07) is 8.82. The van der Waals surface area contributed by atoms with Gasteiger partial charge in [-0.25, -0.2) is 0 Å². The number of allylic oxidation sites excluding steroid dienone is 1. The number of benzene rings is 1. The third-order valence-electron chi connectivity index (χ3n) is 2.96. The van der Waals surface area contributed by atoms with Gasteiger partial charge in [-0.05, 0) is 0 Å². The first-order chi connectivity index (χ1) is 7.98. The summed E-state index contributed by atoms with van der Waals surface area (Å²) in [6.45, 7) is 5.99. The fourth-order valence-corrected chi connectivity index (χ4v) is 5.13. The molecule has 0 aromatic heterocycles. The number of fused-ring (bicyclic) bond motifs is 1. The van der Waals surface area contributed by atoms with Gasteiger partial charge in [0.1, 0.15) is 0 Å². The van der Waals surface area contributed by atoms with Crippen LogP contribution >= 0.6 is 0 Å². The molecule has 1 nitrogen and oxygen atoms in total. The topological polar surface area (TPSA) is 3.24 Å². The summed E-state index contributed by atoms with van der Waals surface area (Å²) >= 11 is 0.286. The van der Waals surface area contributed by atoms with Crippen molar-refractivity contribution in [2.75, 3.05) is 20.6 Å². The van der Waals surface area contributed by atoms with Crippen molar-refractivity contribution >= 4 is 6.08 Å². The number of hydrogen-bond donors (Lipinski definition) is 0. The average Bonchev–Trinajstić information content (AvgIpc) is 2.59. The number of rotatable bonds is 4. The van der Waals surface area contributed by atoms with Gasteiger partial charge in [0.05, 0.1) is 0 Å². The molecule has 5 heteroatoms. The molecule has 20 heavy (non-hydrogen) atoms. The number of hydrogen-bond acceptors (Lipinski definition) is 1. The fourth-order valence-electron chi connectivity index (χ4n) is 2.53. The van der Waals surface area contributed by atoms with Crippen LogP contribution in [0.5, 0.6) is 0 Å². The molecule has 0 saturated heterocycles. The van der Waals surface area contributed by atoms with Crippen LogP contribution in [0.15, 0.2) is 30.3 Å². The average molecular weight is 373 g/mol. The van der Waals surface area contributed by atoms with Crippen molar-refractivity contribution in [1.82, 2.24) is 4.90 Å². The molecule has 0 radical (unpaired) electrons. The van der Waals surface area contributed by atoms with E-state index in [2.05, 4.69) is 69.3 Å². The molecule has 1 unspecified atom stereocenters. The first-order valence-corrected chi connectivity index (χ1v) is 7.62. The first kappa shape index (κ1) is 22.7. The van der Waals surface area contributed by atoms with E-state index in [1.165, 1.54) is 12.1 Å². The second kappa shape index (κ2) is 9.40. The van der Waals surface area contributed by atoms with Gasteiger partial charge in [0.25, 0.3) is 0 Å². The van der Waals surface area contributed by atoms with E-state index in [9.17, 15) is 0 Å². The molecule has 0 amide bonds. The van der Waals surface area contributed by atoms with Crippen molar-refractivity contribution in [3.05, 3.63) is 41.5 Å². The standard InChI is InChI=1S/C9H7.C6H14N.3ClH.V/c1-2-5-9-7-3-6-8(9)4-1;1-6(2)5-7(3)4;;;;/h1-7H;5H2,1-4H3;3*1H;/q;;;;;+3/p-3. The van der Waals surface area contributed by atoms with Crippen molar-refractivity contribution in [3.8, 4) is 0 Å². The number of nitrogens with zero attached hydrogens (tertiary/aromatic N) is 1. The van der Waals surface area contributed by atoms with Gasteiger partial charge in [0, 0.05) is 0 Å². The summed E-state index contributed by atoms with van der Waals surface area (Å²) in [7, 11) is 4.34. The molecule has 1 aliphatic carbocycles. The van der Waals surface area contributed by atoms with Gasteiger partial charge >= 0.3 is 112 Å². The van der Waals surface area contributed by atoms with Crippen molar-refractivity contribution in [2.45, 2.75) is 22.6 Å². The summed E-state index contributed by atoms with van der Waals surface area (Å²) in [6.07, 6.45) is 4.70. The van der Waals surface area contributed by atoms with E-state index in [1.54, 1.807) is 5.56 Å². The van der Waals surface area contributed by atoms with Gasteiger partial charge in [0.15, 0.2) is 0 Å². The van der Waals surface area contributed by atoms with Gasteiger partial charge < -0.3 is 37.2 Å². The maximum absolute atomic E-state index is 2.40. The molecule has 0 spiro atoms. The summed E-state index contributed by atoms with van der Waals surface area (Å²) in [5.74, 6) is 0. The van der Waals surface area contributed by atoms with Crippen LogP contribution in [0.4, 0.5) is 0 Å². The minimum Gasteiger partial charge on any atom is -1.00 e. The second-order valence-electron chi connectivity index (χ2n) is 5.61. The molecule has 0 N–H and O–H groups in total. The molecule has 0 saturated carbocycles. The Balaban J connectivity index is 0. The largest absolute Gasteiger partial charge is 1.00 e. The Morgan fingerprint density at radius 3 is 2.30 bits per heavy atom. The van der Waals surface area contributed by atoms with Crippen LogP contribution < -0.4 is 37.2 Å². The summed E-state index contributed by atoms with van der Waals surface area (Å²) in [4.78, 5) is 2.31. The first-order valence-electron chi connectivity index (χ1n) is 6.12.